The van der Waals surface area contributed by atoms with E-state index in [0.29, 0.717) is 0 Å². The van der Waals surface area contributed by atoms with Gasteiger partial charge in [-0.25, -0.2) is 4.79 Å². The normalized spacial score (nSPS) is 46.8. The molecule has 3 nitrogen and oxygen atoms in total. The highest BCUT2D eigenvalue weighted by Gasteiger charge is 2.55. The Bertz CT molecular complexity index is 275. The topological polar surface area (TPSA) is 46.5 Å². The summed E-state index contributed by atoms with van der Waals surface area (Å²) in [5.74, 6) is 1.84. The van der Waals surface area contributed by atoms with Gasteiger partial charge < -0.3 is 9.84 Å². The Hall–Kier alpha value is -0.570. The van der Waals surface area contributed by atoms with Crippen molar-refractivity contribution in [3.8, 4) is 0 Å². The van der Waals surface area contributed by atoms with Crippen molar-refractivity contribution in [3.05, 3.63) is 0 Å². The van der Waals surface area contributed by atoms with Gasteiger partial charge in [-0.15, -0.1) is 0 Å². The average Bonchev–Trinajstić information content (AvgIpc) is 2.25. The quantitative estimate of drug-likeness (QED) is 0.729. The maximum Gasteiger partial charge on any atom is 0.335 e. The number of aliphatic hydroxyl groups is 1. The van der Waals surface area contributed by atoms with Crippen molar-refractivity contribution in [2.75, 3.05) is 7.11 Å². The van der Waals surface area contributed by atoms with Crippen LogP contribution in [-0.4, -0.2) is 24.3 Å². The Balaban J connectivity index is 1.85. The largest absolute Gasteiger partial charge is 0.467 e. The molecule has 3 heteroatoms. The summed E-state index contributed by atoms with van der Waals surface area (Å²) in [6, 6.07) is 0. The van der Waals surface area contributed by atoms with Crippen molar-refractivity contribution in [1.82, 2.24) is 0 Å². The Morgan fingerprint density at radius 1 is 1.19 bits per heavy atom. The van der Waals surface area contributed by atoms with Crippen LogP contribution in [0.2, 0.25) is 0 Å². The predicted octanol–water partition coefficient (Wildman–Crippen LogP) is 1.74. The number of rotatable bonds is 2. The maximum absolute atomic E-state index is 11.6. The molecule has 1 unspecified atom stereocenters. The molecule has 0 radical (unpaired) electrons. The third-order valence-corrected chi connectivity index (χ3v) is 5.09. The summed E-state index contributed by atoms with van der Waals surface area (Å²) in [7, 11) is 1.37. The Morgan fingerprint density at radius 3 is 2.00 bits per heavy atom. The van der Waals surface area contributed by atoms with Crippen LogP contribution in [0.25, 0.3) is 0 Å². The highest BCUT2D eigenvalue weighted by atomic mass is 16.8. The molecular weight excluding hydrogens is 206 g/mol. The Morgan fingerprint density at radius 2 is 1.62 bits per heavy atom. The van der Waals surface area contributed by atoms with Crippen LogP contribution in [0.1, 0.15) is 38.5 Å². The van der Waals surface area contributed by atoms with Crippen LogP contribution in [0.5, 0.6) is 0 Å². The van der Waals surface area contributed by atoms with E-state index in [4.69, 9.17) is 4.74 Å². The average molecular weight is 226 g/mol. The minimum absolute atomic E-state index is 0.137. The molecule has 0 spiro atoms. The first-order chi connectivity index (χ1) is 7.63. The van der Waals surface area contributed by atoms with E-state index in [1.54, 1.807) is 0 Å². The number of aliphatic hydroxyl groups excluding tert-OH is 1. The smallest absolute Gasteiger partial charge is 0.335 e. The van der Waals surface area contributed by atoms with Gasteiger partial charge in [0.1, 0.15) is 0 Å². The van der Waals surface area contributed by atoms with Gasteiger partial charge in [-0.05, 0) is 56.3 Å². The zero-order chi connectivity index (χ0) is 11.3. The Kier molecular flexibility index (Phi) is 2.29. The molecule has 0 saturated heterocycles. The fourth-order valence-corrected chi connectivity index (χ4v) is 4.87. The first-order valence-electron chi connectivity index (χ1n) is 6.39. The lowest BCUT2D eigenvalue weighted by atomic mass is 9.49. The van der Waals surface area contributed by atoms with Gasteiger partial charge in [0, 0.05) is 5.41 Å². The second-order valence-corrected chi connectivity index (χ2v) is 6.21. The van der Waals surface area contributed by atoms with Crippen LogP contribution in [-0.2, 0) is 9.53 Å². The molecule has 0 heterocycles. The summed E-state index contributed by atoms with van der Waals surface area (Å²) in [5, 5.41) is 10.2. The van der Waals surface area contributed by atoms with Gasteiger partial charge in [0.15, 0.2) is 6.10 Å². The lowest BCUT2D eigenvalue weighted by Crippen LogP contribution is -2.54. The van der Waals surface area contributed by atoms with E-state index in [9.17, 15) is 9.90 Å². The van der Waals surface area contributed by atoms with Gasteiger partial charge in [-0.2, -0.15) is 0 Å². The fraction of sp³-hybridized carbons (Fsp3) is 0.923. The number of esters is 1. The van der Waals surface area contributed by atoms with E-state index in [0.717, 1.165) is 37.0 Å². The third-order valence-electron chi connectivity index (χ3n) is 5.09. The molecule has 4 aliphatic rings. The number of ether oxygens (including phenoxy) is 1. The summed E-state index contributed by atoms with van der Waals surface area (Å²) >= 11 is 0. The van der Waals surface area contributed by atoms with Gasteiger partial charge in [0.05, 0.1) is 7.11 Å². The monoisotopic (exact) mass is 226 g/mol. The molecule has 1 atom stereocenters. The summed E-state index contributed by atoms with van der Waals surface area (Å²) in [6.07, 6.45) is 6.21. The zero-order valence-corrected chi connectivity index (χ0v) is 9.82. The van der Waals surface area contributed by atoms with Gasteiger partial charge in [-0.3, -0.25) is 0 Å². The summed E-state index contributed by atoms with van der Waals surface area (Å²) in [4.78, 5) is 11.6. The minimum atomic E-state index is -0.883. The van der Waals surface area contributed by atoms with Crippen LogP contribution in [0, 0.1) is 23.2 Å². The summed E-state index contributed by atoms with van der Waals surface area (Å²) < 4.78 is 4.71. The van der Waals surface area contributed by atoms with Crippen molar-refractivity contribution in [3.63, 3.8) is 0 Å². The van der Waals surface area contributed by atoms with Crippen molar-refractivity contribution >= 4 is 5.97 Å². The zero-order valence-electron chi connectivity index (χ0n) is 9.82. The number of carbonyl (C=O) groups is 1. The number of methoxy groups -OCH3 is 1. The predicted molar refractivity (Wildman–Crippen MR) is 58.6 cm³/mol. The number of carbonyl (C=O) groups excluding carboxylic acids is 1. The molecule has 1 N–H and O–H groups in total. The Labute approximate surface area is 96.2 Å². The van der Waals surface area contributed by atoms with Crippen LogP contribution >= 0.6 is 0 Å². The highest BCUT2D eigenvalue weighted by molar-refractivity contribution is 5.75. The molecule has 90 valence electrons. The van der Waals surface area contributed by atoms with Crippen molar-refractivity contribution in [1.29, 1.82) is 0 Å². The van der Waals surface area contributed by atoms with Crippen LogP contribution in [0.4, 0.5) is 0 Å². The van der Waals surface area contributed by atoms with Crippen molar-refractivity contribution in [2.24, 2.45) is 23.2 Å². The molecular formula is C13H20O3. The molecule has 0 aromatic rings. The van der Waals surface area contributed by atoms with Crippen LogP contribution in [0.3, 0.4) is 0 Å². The van der Waals surface area contributed by atoms with Crippen molar-refractivity contribution < 1.29 is 14.6 Å². The van der Waals surface area contributed by atoms with E-state index in [1.165, 1.54) is 26.4 Å². The molecule has 4 saturated carbocycles. The van der Waals surface area contributed by atoms with E-state index in [-0.39, 0.29) is 5.41 Å². The minimum Gasteiger partial charge on any atom is -0.467 e. The van der Waals surface area contributed by atoms with E-state index in [2.05, 4.69) is 0 Å². The van der Waals surface area contributed by atoms with Crippen molar-refractivity contribution in [2.45, 2.75) is 44.6 Å². The molecule has 0 amide bonds. The molecule has 4 bridgehead atoms. The first-order valence-corrected chi connectivity index (χ1v) is 6.39. The fourth-order valence-electron chi connectivity index (χ4n) is 4.87. The lowest BCUT2D eigenvalue weighted by Gasteiger charge is -2.57. The summed E-state index contributed by atoms with van der Waals surface area (Å²) in [6.45, 7) is 0. The maximum atomic E-state index is 11.6. The van der Waals surface area contributed by atoms with E-state index >= 15 is 0 Å². The number of hydrogen-bond donors (Lipinski definition) is 1. The molecule has 4 fully saturated rings. The highest BCUT2D eigenvalue weighted by Crippen LogP contribution is 2.61. The van der Waals surface area contributed by atoms with Crippen LogP contribution in [0.15, 0.2) is 0 Å². The standard InChI is InChI=1S/C13H20O3/c1-16-12(15)11(14)13-5-8-2-9(6-13)4-10(3-8)7-13/h8-11,14H,2-7H2,1H3/i12+2. The van der Waals surface area contributed by atoms with E-state index in [1.807, 2.05) is 0 Å². The van der Waals surface area contributed by atoms with Crippen LogP contribution < -0.4 is 0 Å². The SMILES string of the molecule is CO[14C](=O)C(O)C12CC3CC(CC(C3)C1)C2. The number of hydrogen-bond acceptors (Lipinski definition) is 3. The van der Waals surface area contributed by atoms with Gasteiger partial charge >= 0.3 is 5.97 Å². The molecule has 0 aromatic heterocycles. The lowest BCUT2D eigenvalue weighted by molar-refractivity contribution is -0.173. The molecule has 4 aliphatic carbocycles. The second kappa shape index (κ2) is 3.46. The van der Waals surface area contributed by atoms with E-state index < -0.39 is 12.1 Å². The molecule has 16 heavy (non-hydrogen) atoms. The molecule has 0 aromatic carbocycles. The van der Waals surface area contributed by atoms with Gasteiger partial charge in [0.2, 0.25) is 0 Å². The molecule has 0 aliphatic heterocycles. The molecule has 4 rings (SSSR count). The second-order valence-electron chi connectivity index (χ2n) is 6.21. The van der Waals surface area contributed by atoms with Gasteiger partial charge in [0.25, 0.3) is 0 Å². The van der Waals surface area contributed by atoms with Gasteiger partial charge in [-0.1, -0.05) is 0 Å². The summed E-state index contributed by atoms with van der Waals surface area (Å²) in [5.41, 5.74) is -0.137. The first kappa shape index (κ1) is 10.6. The third kappa shape index (κ3) is 1.41.